The maximum absolute atomic E-state index is 12.0. The molecule has 2 atom stereocenters. The molecule has 3 aromatic rings. The Hall–Kier alpha value is -3.59. The van der Waals surface area contributed by atoms with Gasteiger partial charge in [-0.1, -0.05) is 18.2 Å². The number of aromatic nitrogens is 4. The second kappa shape index (κ2) is 8.19. The summed E-state index contributed by atoms with van der Waals surface area (Å²) in [5.74, 6) is 0.104. The summed E-state index contributed by atoms with van der Waals surface area (Å²) in [5, 5.41) is 2.88. The summed E-state index contributed by atoms with van der Waals surface area (Å²) in [6.07, 6.45) is 4.82. The van der Waals surface area contributed by atoms with E-state index in [9.17, 15) is 4.79 Å². The van der Waals surface area contributed by atoms with Gasteiger partial charge in [-0.3, -0.25) is 9.69 Å². The first-order valence-corrected chi connectivity index (χ1v) is 8.28. The number of rotatable bonds is 7. The number of amides is 1. The minimum Gasteiger partial charge on any atom is -0.368 e. The van der Waals surface area contributed by atoms with E-state index in [-0.39, 0.29) is 0 Å². The molecule has 9 nitrogen and oxygen atoms in total. The van der Waals surface area contributed by atoms with Gasteiger partial charge in [0.05, 0.1) is 5.69 Å². The molecule has 138 valence electrons. The molecule has 0 saturated heterocycles. The van der Waals surface area contributed by atoms with Gasteiger partial charge in [0, 0.05) is 31.3 Å². The predicted molar refractivity (Wildman–Crippen MR) is 102 cm³/mol. The summed E-state index contributed by atoms with van der Waals surface area (Å²) in [5.41, 5.74) is 13.0. The highest BCUT2D eigenvalue weighted by Gasteiger charge is 2.34. The SMILES string of the molecule is CNc1nccc(C([C@H](N)C(N)=O)N(c2ccccc2)c2ncccn2)n1. The van der Waals surface area contributed by atoms with Gasteiger partial charge in [0.2, 0.25) is 17.8 Å². The average Bonchev–Trinajstić information content (AvgIpc) is 2.72. The predicted octanol–water partition coefficient (Wildman–Crippen LogP) is 1.00. The Bertz CT molecular complexity index is 851. The molecular formula is C18H20N8O. The number of anilines is 3. The van der Waals surface area contributed by atoms with Crippen LogP contribution >= 0.6 is 0 Å². The van der Waals surface area contributed by atoms with Gasteiger partial charge >= 0.3 is 0 Å². The largest absolute Gasteiger partial charge is 0.368 e. The minimum atomic E-state index is -1.06. The lowest BCUT2D eigenvalue weighted by Crippen LogP contribution is -2.48. The number of benzene rings is 1. The topological polar surface area (TPSA) is 136 Å². The molecule has 0 aliphatic carbocycles. The van der Waals surface area contributed by atoms with Crippen molar-refractivity contribution < 1.29 is 4.79 Å². The molecule has 9 heteroatoms. The Kier molecular flexibility index (Phi) is 5.53. The summed E-state index contributed by atoms with van der Waals surface area (Å²) < 4.78 is 0. The Balaban J connectivity index is 2.20. The van der Waals surface area contributed by atoms with Crippen LogP contribution in [0.15, 0.2) is 61.1 Å². The molecule has 0 aliphatic rings. The summed E-state index contributed by atoms with van der Waals surface area (Å²) in [6.45, 7) is 0. The summed E-state index contributed by atoms with van der Waals surface area (Å²) in [7, 11) is 1.71. The number of nitrogens with zero attached hydrogens (tertiary/aromatic N) is 5. The van der Waals surface area contributed by atoms with Crippen LogP contribution in [0.2, 0.25) is 0 Å². The van der Waals surface area contributed by atoms with Crippen LogP contribution in [-0.4, -0.2) is 38.9 Å². The van der Waals surface area contributed by atoms with Crippen LogP contribution in [-0.2, 0) is 4.79 Å². The number of carbonyl (C=O) groups excluding carboxylic acids is 1. The number of nitrogens with two attached hydrogens (primary N) is 2. The van der Waals surface area contributed by atoms with Gasteiger partial charge in [-0.15, -0.1) is 0 Å². The highest BCUT2D eigenvalue weighted by molar-refractivity contribution is 5.82. The van der Waals surface area contributed by atoms with Crippen molar-refractivity contribution in [3.05, 3.63) is 66.7 Å². The molecule has 1 aromatic carbocycles. The molecule has 0 fully saturated rings. The van der Waals surface area contributed by atoms with E-state index in [1.165, 1.54) is 0 Å². The number of nitrogens with one attached hydrogen (secondary N) is 1. The van der Waals surface area contributed by atoms with E-state index in [0.717, 1.165) is 5.69 Å². The van der Waals surface area contributed by atoms with Crippen molar-refractivity contribution in [2.45, 2.75) is 12.1 Å². The molecule has 0 bridgehead atoms. The number of hydrogen-bond donors (Lipinski definition) is 3. The van der Waals surface area contributed by atoms with Crippen LogP contribution < -0.4 is 21.7 Å². The molecule has 3 rings (SSSR count). The van der Waals surface area contributed by atoms with Crippen molar-refractivity contribution in [3.8, 4) is 0 Å². The standard InChI is InChI=1S/C18H20N8O/c1-21-17-22-11-8-13(25-17)15(14(19)16(20)27)26(12-6-3-2-4-7-12)18-23-9-5-10-24-18/h2-11,14-15H,19H2,1H3,(H2,20,27)(H,21,22,25)/t14-,15?/m0/s1. The van der Waals surface area contributed by atoms with Crippen LogP contribution in [0, 0.1) is 0 Å². The molecule has 2 aromatic heterocycles. The number of hydrogen-bond acceptors (Lipinski definition) is 8. The van der Waals surface area contributed by atoms with Crippen LogP contribution in [0.25, 0.3) is 0 Å². The van der Waals surface area contributed by atoms with E-state index in [4.69, 9.17) is 11.5 Å². The van der Waals surface area contributed by atoms with Gasteiger partial charge in [-0.05, 0) is 24.3 Å². The van der Waals surface area contributed by atoms with Gasteiger partial charge in [-0.25, -0.2) is 19.9 Å². The van der Waals surface area contributed by atoms with Crippen LogP contribution in [0.5, 0.6) is 0 Å². The van der Waals surface area contributed by atoms with E-state index in [0.29, 0.717) is 17.6 Å². The Morgan fingerprint density at radius 2 is 1.74 bits per heavy atom. The fourth-order valence-corrected chi connectivity index (χ4v) is 2.69. The van der Waals surface area contributed by atoms with Crippen LogP contribution in [0.1, 0.15) is 11.7 Å². The van der Waals surface area contributed by atoms with Crippen molar-refractivity contribution in [2.75, 3.05) is 17.3 Å². The maximum Gasteiger partial charge on any atom is 0.236 e. The van der Waals surface area contributed by atoms with E-state index >= 15 is 0 Å². The zero-order chi connectivity index (χ0) is 19.2. The van der Waals surface area contributed by atoms with E-state index in [2.05, 4.69) is 25.3 Å². The molecule has 0 spiro atoms. The first kappa shape index (κ1) is 18.2. The Labute approximate surface area is 156 Å². The Morgan fingerprint density at radius 3 is 2.37 bits per heavy atom. The zero-order valence-electron chi connectivity index (χ0n) is 14.7. The summed E-state index contributed by atoms with van der Waals surface area (Å²) in [6, 6.07) is 11.0. The number of carbonyl (C=O) groups is 1. The average molecular weight is 364 g/mol. The van der Waals surface area contributed by atoms with Crippen LogP contribution in [0.4, 0.5) is 17.6 Å². The summed E-state index contributed by atoms with van der Waals surface area (Å²) in [4.78, 5) is 31.0. The lowest BCUT2D eigenvalue weighted by atomic mass is 10.0. The molecular weight excluding hydrogens is 344 g/mol. The zero-order valence-corrected chi connectivity index (χ0v) is 14.7. The van der Waals surface area contributed by atoms with Gasteiger partial charge in [0.15, 0.2) is 0 Å². The Morgan fingerprint density at radius 1 is 1.04 bits per heavy atom. The molecule has 0 saturated carbocycles. The molecule has 2 heterocycles. The van der Waals surface area contributed by atoms with Crippen molar-refractivity contribution in [1.29, 1.82) is 0 Å². The van der Waals surface area contributed by atoms with Gasteiger partial charge in [-0.2, -0.15) is 0 Å². The van der Waals surface area contributed by atoms with Gasteiger partial charge in [0.25, 0.3) is 0 Å². The highest BCUT2D eigenvalue weighted by atomic mass is 16.1. The lowest BCUT2D eigenvalue weighted by Gasteiger charge is -2.34. The smallest absolute Gasteiger partial charge is 0.236 e. The lowest BCUT2D eigenvalue weighted by molar-refractivity contribution is -0.119. The third-order valence-electron chi connectivity index (χ3n) is 3.95. The van der Waals surface area contributed by atoms with Gasteiger partial charge < -0.3 is 16.8 Å². The van der Waals surface area contributed by atoms with Crippen molar-refractivity contribution >= 4 is 23.5 Å². The minimum absolute atomic E-state index is 0.370. The van der Waals surface area contributed by atoms with Crippen molar-refractivity contribution in [3.63, 3.8) is 0 Å². The fourth-order valence-electron chi connectivity index (χ4n) is 2.69. The second-order valence-corrected chi connectivity index (χ2v) is 5.68. The molecule has 27 heavy (non-hydrogen) atoms. The molecule has 0 radical (unpaired) electrons. The van der Waals surface area contributed by atoms with E-state index < -0.39 is 18.0 Å². The van der Waals surface area contributed by atoms with E-state index in [1.807, 2.05) is 30.3 Å². The van der Waals surface area contributed by atoms with Crippen molar-refractivity contribution in [1.82, 2.24) is 19.9 Å². The van der Waals surface area contributed by atoms with Crippen LogP contribution in [0.3, 0.4) is 0 Å². The third kappa shape index (κ3) is 3.98. The first-order chi connectivity index (χ1) is 13.1. The van der Waals surface area contributed by atoms with Crippen molar-refractivity contribution in [2.24, 2.45) is 11.5 Å². The van der Waals surface area contributed by atoms with E-state index in [1.54, 1.807) is 42.7 Å². The molecule has 1 amide bonds. The normalized spacial score (nSPS) is 12.8. The summed E-state index contributed by atoms with van der Waals surface area (Å²) >= 11 is 0. The highest BCUT2D eigenvalue weighted by Crippen LogP contribution is 2.33. The fraction of sp³-hybridized carbons (Fsp3) is 0.167. The number of para-hydroxylation sites is 1. The van der Waals surface area contributed by atoms with Gasteiger partial charge in [0.1, 0.15) is 12.1 Å². The second-order valence-electron chi connectivity index (χ2n) is 5.68. The number of primary amides is 1. The quantitative estimate of drug-likeness (QED) is 0.565. The molecule has 0 aliphatic heterocycles. The monoisotopic (exact) mass is 364 g/mol. The molecule has 1 unspecified atom stereocenters. The molecule has 5 N–H and O–H groups in total. The first-order valence-electron chi connectivity index (χ1n) is 8.28. The maximum atomic E-state index is 12.0. The third-order valence-corrected chi connectivity index (χ3v) is 3.95.